The highest BCUT2D eigenvalue weighted by Crippen LogP contribution is 2.32. The number of hydrogen-bond acceptors (Lipinski definition) is 5. The minimum atomic E-state index is -4.36. The fourth-order valence-corrected chi connectivity index (χ4v) is 2.92. The van der Waals surface area contributed by atoms with Gasteiger partial charge in [0.1, 0.15) is 0 Å². The van der Waals surface area contributed by atoms with Gasteiger partial charge >= 0.3 is 12.1 Å². The van der Waals surface area contributed by atoms with Crippen molar-refractivity contribution in [2.75, 3.05) is 31.1 Å². The summed E-state index contributed by atoms with van der Waals surface area (Å²) in [6.07, 6.45) is -4.36. The summed E-state index contributed by atoms with van der Waals surface area (Å²) in [5, 5.41) is 16.4. The molecule has 1 aromatic carbocycles. The first-order chi connectivity index (χ1) is 12.3. The van der Waals surface area contributed by atoms with Crippen molar-refractivity contribution in [3.05, 3.63) is 53.2 Å². The van der Waals surface area contributed by atoms with Crippen molar-refractivity contribution >= 4 is 11.8 Å². The van der Waals surface area contributed by atoms with Gasteiger partial charge < -0.3 is 10.0 Å². The molecule has 1 aromatic heterocycles. The maximum atomic E-state index is 13.1. The third-order valence-corrected chi connectivity index (χ3v) is 4.28. The Morgan fingerprint density at radius 3 is 2.31 bits per heavy atom. The fraction of sp³-hybridized carbons (Fsp3) is 0.353. The molecule has 0 spiro atoms. The van der Waals surface area contributed by atoms with Gasteiger partial charge in [-0.3, -0.25) is 4.90 Å². The molecule has 138 valence electrons. The molecule has 0 aliphatic carbocycles. The van der Waals surface area contributed by atoms with Crippen LogP contribution in [0.25, 0.3) is 0 Å². The monoisotopic (exact) mass is 366 g/mol. The number of benzene rings is 1. The summed E-state index contributed by atoms with van der Waals surface area (Å²) in [6.45, 7) is 2.54. The second kappa shape index (κ2) is 7.28. The molecule has 6 nitrogen and oxygen atoms in total. The zero-order valence-electron chi connectivity index (χ0n) is 13.8. The largest absolute Gasteiger partial charge is 0.476 e. The molecule has 0 amide bonds. The van der Waals surface area contributed by atoms with Crippen molar-refractivity contribution < 1.29 is 23.1 Å². The highest BCUT2D eigenvalue weighted by atomic mass is 19.4. The lowest BCUT2D eigenvalue weighted by molar-refractivity contribution is -0.138. The molecule has 1 saturated heterocycles. The van der Waals surface area contributed by atoms with Crippen LogP contribution in [0.4, 0.5) is 19.0 Å². The van der Waals surface area contributed by atoms with Crippen molar-refractivity contribution in [1.82, 2.24) is 15.1 Å². The predicted molar refractivity (Wildman–Crippen MR) is 87.9 cm³/mol. The third-order valence-electron chi connectivity index (χ3n) is 4.28. The van der Waals surface area contributed by atoms with E-state index in [0.717, 1.165) is 6.07 Å². The van der Waals surface area contributed by atoms with Crippen LogP contribution >= 0.6 is 0 Å². The summed E-state index contributed by atoms with van der Waals surface area (Å²) in [5.41, 5.74) is -0.465. The standard InChI is InChI=1S/C17H17F3N4O2/c18-17(19,20)13-4-2-1-3-12(13)11-23-7-9-24(10-8-23)15-6-5-14(16(25)26)21-22-15/h1-6H,7-11H2,(H,25,26). The predicted octanol–water partition coefficient (Wildman–Crippen LogP) is 2.52. The summed E-state index contributed by atoms with van der Waals surface area (Å²) in [4.78, 5) is 14.7. The van der Waals surface area contributed by atoms with E-state index in [-0.39, 0.29) is 17.8 Å². The van der Waals surface area contributed by atoms with Crippen molar-refractivity contribution in [3.8, 4) is 0 Å². The summed E-state index contributed by atoms with van der Waals surface area (Å²) in [5.74, 6) is -0.581. The van der Waals surface area contributed by atoms with Crippen LogP contribution in [0.2, 0.25) is 0 Å². The van der Waals surface area contributed by atoms with E-state index in [1.54, 1.807) is 12.1 Å². The van der Waals surface area contributed by atoms with Gasteiger partial charge in [-0.25, -0.2) is 4.79 Å². The number of alkyl halides is 3. The SMILES string of the molecule is O=C(O)c1ccc(N2CCN(Cc3ccccc3C(F)(F)F)CC2)nn1. The molecule has 1 fully saturated rings. The van der Waals surface area contributed by atoms with Crippen molar-refractivity contribution in [2.24, 2.45) is 0 Å². The lowest BCUT2D eigenvalue weighted by Gasteiger charge is -2.35. The van der Waals surface area contributed by atoms with E-state index < -0.39 is 17.7 Å². The number of hydrogen-bond donors (Lipinski definition) is 1. The minimum absolute atomic E-state index is 0.129. The second-order valence-corrected chi connectivity index (χ2v) is 6.00. The van der Waals surface area contributed by atoms with Crippen LogP contribution in [0, 0.1) is 0 Å². The maximum absolute atomic E-state index is 13.1. The number of carboxylic acid groups (broad SMARTS) is 1. The molecule has 1 aliphatic rings. The molecule has 0 atom stereocenters. The average Bonchev–Trinajstić information content (AvgIpc) is 2.62. The third kappa shape index (κ3) is 4.10. The first-order valence-electron chi connectivity index (χ1n) is 8.04. The highest BCUT2D eigenvalue weighted by Gasteiger charge is 2.33. The first kappa shape index (κ1) is 18.1. The summed E-state index contributed by atoms with van der Waals surface area (Å²) < 4.78 is 39.3. The van der Waals surface area contributed by atoms with Gasteiger partial charge in [0.05, 0.1) is 5.56 Å². The number of anilines is 1. The molecule has 0 radical (unpaired) electrons. The van der Waals surface area contributed by atoms with E-state index in [1.165, 1.54) is 18.2 Å². The van der Waals surface area contributed by atoms with Gasteiger partial charge in [0.15, 0.2) is 11.5 Å². The molecule has 0 bridgehead atoms. The molecular formula is C17H17F3N4O2. The van der Waals surface area contributed by atoms with Gasteiger partial charge in [0.2, 0.25) is 0 Å². The maximum Gasteiger partial charge on any atom is 0.416 e. The molecule has 1 aliphatic heterocycles. The Balaban J connectivity index is 1.62. The number of aromatic nitrogens is 2. The molecule has 3 rings (SSSR count). The van der Waals surface area contributed by atoms with E-state index >= 15 is 0 Å². The molecule has 2 aromatic rings. The van der Waals surface area contributed by atoms with Gasteiger partial charge in [-0.1, -0.05) is 18.2 Å². The Bertz CT molecular complexity index is 772. The van der Waals surface area contributed by atoms with Crippen molar-refractivity contribution in [3.63, 3.8) is 0 Å². The summed E-state index contributed by atoms with van der Waals surface area (Å²) in [6, 6.07) is 8.59. The Morgan fingerprint density at radius 1 is 1.04 bits per heavy atom. The Morgan fingerprint density at radius 2 is 1.73 bits per heavy atom. The fourth-order valence-electron chi connectivity index (χ4n) is 2.92. The average molecular weight is 366 g/mol. The number of rotatable bonds is 4. The van der Waals surface area contributed by atoms with E-state index in [1.807, 2.05) is 9.80 Å². The van der Waals surface area contributed by atoms with Crippen LogP contribution < -0.4 is 4.90 Å². The zero-order valence-corrected chi connectivity index (χ0v) is 13.8. The summed E-state index contributed by atoms with van der Waals surface area (Å²) in [7, 11) is 0. The zero-order chi connectivity index (χ0) is 18.7. The Hall–Kier alpha value is -2.68. The summed E-state index contributed by atoms with van der Waals surface area (Å²) >= 11 is 0. The van der Waals surface area contributed by atoms with Crippen molar-refractivity contribution in [2.45, 2.75) is 12.7 Å². The normalized spacial score (nSPS) is 15.9. The number of halogens is 3. The number of aromatic carboxylic acids is 1. The van der Waals surface area contributed by atoms with Crippen LogP contribution in [0.1, 0.15) is 21.6 Å². The first-order valence-corrected chi connectivity index (χ1v) is 8.04. The van der Waals surface area contributed by atoms with E-state index in [2.05, 4.69) is 10.2 Å². The quantitative estimate of drug-likeness (QED) is 0.897. The highest BCUT2D eigenvalue weighted by molar-refractivity contribution is 5.85. The number of nitrogens with zero attached hydrogens (tertiary/aromatic N) is 4. The number of carbonyl (C=O) groups is 1. The van der Waals surface area contributed by atoms with Crippen LogP contribution in [-0.2, 0) is 12.7 Å². The molecule has 0 unspecified atom stereocenters. The minimum Gasteiger partial charge on any atom is -0.476 e. The van der Waals surface area contributed by atoms with E-state index in [9.17, 15) is 18.0 Å². The van der Waals surface area contributed by atoms with E-state index in [4.69, 9.17) is 5.11 Å². The van der Waals surface area contributed by atoms with Gasteiger partial charge in [0, 0.05) is 32.7 Å². The van der Waals surface area contributed by atoms with Gasteiger partial charge in [0.25, 0.3) is 0 Å². The lowest BCUT2D eigenvalue weighted by Crippen LogP contribution is -2.46. The second-order valence-electron chi connectivity index (χ2n) is 6.00. The lowest BCUT2D eigenvalue weighted by atomic mass is 10.1. The van der Waals surface area contributed by atoms with Crippen LogP contribution in [0.15, 0.2) is 36.4 Å². The number of piperazine rings is 1. The molecule has 26 heavy (non-hydrogen) atoms. The van der Waals surface area contributed by atoms with Gasteiger partial charge in [-0.05, 0) is 23.8 Å². The number of carboxylic acids is 1. The van der Waals surface area contributed by atoms with Crippen molar-refractivity contribution in [1.29, 1.82) is 0 Å². The smallest absolute Gasteiger partial charge is 0.416 e. The molecule has 9 heteroatoms. The van der Waals surface area contributed by atoms with Gasteiger partial charge in [-0.15, -0.1) is 10.2 Å². The Kier molecular flexibility index (Phi) is 5.08. The van der Waals surface area contributed by atoms with E-state index in [0.29, 0.717) is 32.0 Å². The van der Waals surface area contributed by atoms with Crippen LogP contribution in [0.3, 0.4) is 0 Å². The Labute approximate surface area is 147 Å². The molecular weight excluding hydrogens is 349 g/mol. The van der Waals surface area contributed by atoms with Crippen LogP contribution in [-0.4, -0.2) is 52.4 Å². The molecule has 0 saturated carbocycles. The van der Waals surface area contributed by atoms with Crippen LogP contribution in [0.5, 0.6) is 0 Å². The topological polar surface area (TPSA) is 69.6 Å². The molecule has 2 heterocycles. The molecule has 1 N–H and O–H groups in total. The van der Waals surface area contributed by atoms with Gasteiger partial charge in [-0.2, -0.15) is 13.2 Å².